The van der Waals surface area contributed by atoms with E-state index >= 15 is 0 Å². The molecular formula is C12H16N2O4. The van der Waals surface area contributed by atoms with Crippen LogP contribution >= 0.6 is 0 Å². The molecule has 0 saturated carbocycles. The smallest absolute Gasteiger partial charge is 0.326 e. The summed E-state index contributed by atoms with van der Waals surface area (Å²) >= 11 is 0. The number of carboxylic acids is 1. The fourth-order valence-corrected chi connectivity index (χ4v) is 2.20. The van der Waals surface area contributed by atoms with Crippen molar-refractivity contribution >= 4 is 12.0 Å². The van der Waals surface area contributed by atoms with Crippen LogP contribution in [0.4, 0.5) is 4.79 Å². The van der Waals surface area contributed by atoms with Crippen molar-refractivity contribution in [3.63, 3.8) is 0 Å². The molecule has 2 heterocycles. The molecule has 2 rings (SSSR count). The van der Waals surface area contributed by atoms with Crippen LogP contribution in [0.1, 0.15) is 18.4 Å². The molecule has 1 fully saturated rings. The van der Waals surface area contributed by atoms with Crippen molar-refractivity contribution in [3.05, 3.63) is 24.2 Å². The van der Waals surface area contributed by atoms with Crippen molar-refractivity contribution in [2.75, 3.05) is 13.6 Å². The first kappa shape index (κ1) is 12.5. The van der Waals surface area contributed by atoms with Gasteiger partial charge in [-0.1, -0.05) is 0 Å². The Morgan fingerprint density at radius 3 is 3.00 bits per heavy atom. The van der Waals surface area contributed by atoms with Crippen LogP contribution in [-0.2, 0) is 11.3 Å². The molecule has 6 nitrogen and oxygen atoms in total. The van der Waals surface area contributed by atoms with Crippen LogP contribution in [0.25, 0.3) is 0 Å². The summed E-state index contributed by atoms with van der Waals surface area (Å²) in [4.78, 5) is 26.1. The summed E-state index contributed by atoms with van der Waals surface area (Å²) in [5.41, 5.74) is 0.886. The van der Waals surface area contributed by atoms with E-state index in [4.69, 9.17) is 9.52 Å². The molecule has 98 valence electrons. The topological polar surface area (TPSA) is 74.0 Å². The first-order valence-electron chi connectivity index (χ1n) is 5.85. The van der Waals surface area contributed by atoms with Gasteiger partial charge in [-0.3, -0.25) is 0 Å². The summed E-state index contributed by atoms with van der Waals surface area (Å²) in [6, 6.07) is 0.841. The Morgan fingerprint density at radius 2 is 2.39 bits per heavy atom. The first-order valence-corrected chi connectivity index (χ1v) is 5.85. The van der Waals surface area contributed by atoms with Gasteiger partial charge in [-0.25, -0.2) is 9.59 Å². The zero-order valence-electron chi connectivity index (χ0n) is 10.2. The number of hydrogen-bond donors (Lipinski definition) is 1. The van der Waals surface area contributed by atoms with Gasteiger partial charge in [-0.05, 0) is 18.9 Å². The Balaban J connectivity index is 1.99. The molecule has 0 spiro atoms. The highest BCUT2D eigenvalue weighted by Gasteiger charge is 2.35. The Kier molecular flexibility index (Phi) is 3.55. The largest absolute Gasteiger partial charge is 0.480 e. The standard InChI is InChI=1S/C12H16N2O4/c1-13(7-9-4-6-18-8-9)12(17)14-5-2-3-10(14)11(15)16/h4,6,8,10H,2-3,5,7H2,1H3,(H,15,16). The minimum absolute atomic E-state index is 0.249. The number of nitrogens with zero attached hydrogens (tertiary/aromatic N) is 2. The molecule has 18 heavy (non-hydrogen) atoms. The van der Waals surface area contributed by atoms with Gasteiger partial charge in [0.2, 0.25) is 0 Å². The Morgan fingerprint density at radius 1 is 1.61 bits per heavy atom. The molecule has 2 amide bonds. The van der Waals surface area contributed by atoms with Crippen molar-refractivity contribution in [2.24, 2.45) is 0 Å². The van der Waals surface area contributed by atoms with Gasteiger partial charge in [0.1, 0.15) is 6.04 Å². The molecule has 1 aliphatic rings. The number of carboxylic acid groups (broad SMARTS) is 1. The number of rotatable bonds is 3. The van der Waals surface area contributed by atoms with E-state index in [0.717, 1.165) is 12.0 Å². The summed E-state index contributed by atoms with van der Waals surface area (Å²) < 4.78 is 4.93. The van der Waals surface area contributed by atoms with E-state index in [1.807, 2.05) is 0 Å². The Hall–Kier alpha value is -1.98. The molecule has 1 aromatic heterocycles. The van der Waals surface area contributed by atoms with Crippen molar-refractivity contribution in [1.29, 1.82) is 0 Å². The molecule has 1 atom stereocenters. The molecule has 1 unspecified atom stereocenters. The highest BCUT2D eigenvalue weighted by Crippen LogP contribution is 2.19. The third-order valence-corrected chi connectivity index (χ3v) is 3.11. The van der Waals surface area contributed by atoms with Crippen molar-refractivity contribution in [1.82, 2.24) is 9.80 Å². The van der Waals surface area contributed by atoms with Gasteiger partial charge in [0.15, 0.2) is 0 Å². The normalized spacial score (nSPS) is 18.9. The molecule has 0 bridgehead atoms. The second-order valence-corrected chi connectivity index (χ2v) is 4.46. The fourth-order valence-electron chi connectivity index (χ4n) is 2.20. The average Bonchev–Trinajstić information content (AvgIpc) is 2.97. The lowest BCUT2D eigenvalue weighted by molar-refractivity contribution is -0.141. The van der Waals surface area contributed by atoms with Crippen LogP contribution in [0.3, 0.4) is 0 Å². The van der Waals surface area contributed by atoms with Crippen LogP contribution in [0.5, 0.6) is 0 Å². The van der Waals surface area contributed by atoms with E-state index < -0.39 is 12.0 Å². The zero-order valence-corrected chi connectivity index (χ0v) is 10.2. The third kappa shape index (κ3) is 2.47. The number of likely N-dealkylation sites (tertiary alicyclic amines) is 1. The number of carbonyl (C=O) groups excluding carboxylic acids is 1. The van der Waals surface area contributed by atoms with Gasteiger partial charge in [-0.2, -0.15) is 0 Å². The van der Waals surface area contributed by atoms with Crippen LogP contribution in [0.2, 0.25) is 0 Å². The van der Waals surface area contributed by atoms with Crippen molar-refractivity contribution in [3.8, 4) is 0 Å². The molecule has 1 N–H and O–H groups in total. The highest BCUT2D eigenvalue weighted by atomic mass is 16.4. The summed E-state index contributed by atoms with van der Waals surface area (Å²) in [5.74, 6) is -0.933. The van der Waals surface area contributed by atoms with Gasteiger partial charge >= 0.3 is 12.0 Å². The van der Waals surface area contributed by atoms with Gasteiger partial charge in [-0.15, -0.1) is 0 Å². The minimum Gasteiger partial charge on any atom is -0.480 e. The number of hydrogen-bond acceptors (Lipinski definition) is 3. The van der Waals surface area contributed by atoms with Crippen molar-refractivity contribution in [2.45, 2.75) is 25.4 Å². The predicted octanol–water partition coefficient (Wildman–Crippen LogP) is 1.38. The lowest BCUT2D eigenvalue weighted by atomic mass is 10.2. The lowest BCUT2D eigenvalue weighted by Crippen LogP contribution is -2.46. The molecule has 0 aliphatic carbocycles. The summed E-state index contributed by atoms with van der Waals surface area (Å²) in [6.45, 7) is 0.920. The van der Waals surface area contributed by atoms with Crippen LogP contribution in [0, 0.1) is 0 Å². The van der Waals surface area contributed by atoms with Crippen molar-refractivity contribution < 1.29 is 19.1 Å². The lowest BCUT2D eigenvalue weighted by Gasteiger charge is -2.27. The monoisotopic (exact) mass is 252 g/mol. The van der Waals surface area contributed by atoms with Crippen LogP contribution in [0.15, 0.2) is 23.0 Å². The second-order valence-electron chi connectivity index (χ2n) is 4.46. The average molecular weight is 252 g/mol. The van der Waals surface area contributed by atoms with E-state index in [-0.39, 0.29) is 6.03 Å². The van der Waals surface area contributed by atoms with E-state index in [9.17, 15) is 9.59 Å². The highest BCUT2D eigenvalue weighted by molar-refractivity contribution is 5.83. The number of urea groups is 1. The Bertz CT molecular complexity index is 429. The molecule has 0 radical (unpaired) electrons. The summed E-state index contributed by atoms with van der Waals surface area (Å²) in [6.07, 6.45) is 4.38. The van der Waals surface area contributed by atoms with Gasteiger partial charge in [0, 0.05) is 19.2 Å². The third-order valence-electron chi connectivity index (χ3n) is 3.11. The number of aliphatic carboxylic acids is 1. The second kappa shape index (κ2) is 5.12. The van der Waals surface area contributed by atoms with E-state index in [1.54, 1.807) is 25.6 Å². The SMILES string of the molecule is CN(Cc1ccoc1)C(=O)N1CCCC1C(=O)O. The number of carbonyl (C=O) groups is 2. The Labute approximate surface area is 105 Å². The minimum atomic E-state index is -0.933. The van der Waals surface area contributed by atoms with Crippen LogP contribution in [-0.4, -0.2) is 46.5 Å². The van der Waals surface area contributed by atoms with E-state index in [0.29, 0.717) is 19.5 Å². The summed E-state index contributed by atoms with van der Waals surface area (Å²) in [5, 5.41) is 9.04. The quantitative estimate of drug-likeness (QED) is 0.882. The number of furan rings is 1. The molecule has 1 saturated heterocycles. The number of amides is 2. The molecule has 1 aliphatic heterocycles. The van der Waals surface area contributed by atoms with Crippen LogP contribution < -0.4 is 0 Å². The molecule has 1 aromatic rings. The first-order chi connectivity index (χ1) is 8.59. The van der Waals surface area contributed by atoms with E-state index in [2.05, 4.69) is 0 Å². The predicted molar refractivity (Wildman–Crippen MR) is 62.9 cm³/mol. The maximum Gasteiger partial charge on any atom is 0.326 e. The molecule has 6 heteroatoms. The fraction of sp³-hybridized carbons (Fsp3) is 0.500. The molecular weight excluding hydrogens is 236 g/mol. The van der Waals surface area contributed by atoms with E-state index in [1.165, 1.54) is 9.80 Å². The summed E-state index contributed by atoms with van der Waals surface area (Å²) in [7, 11) is 1.66. The van der Waals surface area contributed by atoms with Gasteiger partial charge in [0.25, 0.3) is 0 Å². The maximum absolute atomic E-state index is 12.1. The van der Waals surface area contributed by atoms with Gasteiger partial charge in [0.05, 0.1) is 19.1 Å². The zero-order chi connectivity index (χ0) is 13.1. The molecule has 0 aromatic carbocycles. The maximum atomic E-state index is 12.1. The van der Waals surface area contributed by atoms with Gasteiger partial charge < -0.3 is 19.3 Å².